The minimum Gasteiger partial charge on any atom is -0.494 e. The summed E-state index contributed by atoms with van der Waals surface area (Å²) in [5, 5.41) is 10.9. The summed E-state index contributed by atoms with van der Waals surface area (Å²) in [6.45, 7) is 4.23. The first kappa shape index (κ1) is 17.1. The second-order valence-electron chi connectivity index (χ2n) is 7.01. The molecule has 7 heteroatoms. The molecule has 26 heavy (non-hydrogen) atoms. The van der Waals surface area contributed by atoms with Gasteiger partial charge in [0.1, 0.15) is 17.0 Å². The molecule has 0 bridgehead atoms. The number of methoxy groups -OCH3 is 1. The predicted molar refractivity (Wildman–Crippen MR) is 98.4 cm³/mol. The molecule has 0 unspecified atom stereocenters. The number of likely N-dealkylation sites (tertiary alicyclic amines) is 1. The van der Waals surface area contributed by atoms with Crippen molar-refractivity contribution in [2.45, 2.75) is 24.9 Å². The van der Waals surface area contributed by atoms with Crippen molar-refractivity contribution in [3.05, 3.63) is 42.2 Å². The number of hydrogen-bond acceptors (Lipinski definition) is 5. The molecule has 1 amide bonds. The Morgan fingerprint density at radius 3 is 2.81 bits per heavy atom. The van der Waals surface area contributed by atoms with Crippen molar-refractivity contribution in [1.29, 1.82) is 0 Å². The van der Waals surface area contributed by atoms with Gasteiger partial charge in [-0.05, 0) is 25.0 Å². The summed E-state index contributed by atoms with van der Waals surface area (Å²) in [4.78, 5) is 14.6. The fourth-order valence-corrected chi connectivity index (χ4v) is 3.87. The zero-order valence-electron chi connectivity index (χ0n) is 15.1. The molecule has 3 heterocycles. The van der Waals surface area contributed by atoms with Crippen LogP contribution in [0.25, 0.3) is 5.69 Å². The van der Waals surface area contributed by atoms with Crippen LogP contribution in [0, 0.1) is 0 Å². The highest BCUT2D eigenvalue weighted by Crippen LogP contribution is 2.26. The number of nitrogens with zero attached hydrogens (tertiary/aromatic N) is 3. The van der Waals surface area contributed by atoms with Gasteiger partial charge in [0.2, 0.25) is 5.91 Å². The summed E-state index contributed by atoms with van der Waals surface area (Å²) >= 11 is 0. The summed E-state index contributed by atoms with van der Waals surface area (Å²) in [5.41, 5.74) is 1.73. The number of nitrogens with one attached hydrogen (secondary N) is 2. The molecule has 1 aromatic heterocycles. The number of aromatic nitrogens is 2. The predicted octanol–water partition coefficient (Wildman–Crippen LogP) is 0.935. The van der Waals surface area contributed by atoms with E-state index in [4.69, 9.17) is 4.74 Å². The third kappa shape index (κ3) is 3.20. The van der Waals surface area contributed by atoms with Gasteiger partial charge in [-0.1, -0.05) is 12.1 Å². The fraction of sp³-hybridized carbons (Fsp3) is 0.474. The highest BCUT2D eigenvalue weighted by molar-refractivity contribution is 5.87. The first-order valence-electron chi connectivity index (χ1n) is 9.13. The number of carbonyl (C=O) groups excluding carboxylic acids is 1. The topological polar surface area (TPSA) is 71.4 Å². The smallest absolute Gasteiger partial charge is 0.240 e. The van der Waals surface area contributed by atoms with Crippen molar-refractivity contribution >= 4 is 5.91 Å². The number of hydrogen-bond donors (Lipinski definition) is 2. The molecule has 1 spiro atoms. The lowest BCUT2D eigenvalue weighted by molar-refractivity contribution is -0.131. The molecular formula is C19H25N5O2. The van der Waals surface area contributed by atoms with Crippen LogP contribution in [-0.2, 0) is 11.3 Å². The number of rotatable bonds is 4. The molecule has 1 aromatic carbocycles. The minimum absolute atomic E-state index is 0.160. The Labute approximate surface area is 153 Å². The van der Waals surface area contributed by atoms with Gasteiger partial charge in [-0.25, -0.2) is 4.68 Å². The molecule has 4 rings (SSSR count). The molecule has 2 N–H and O–H groups in total. The zero-order chi connectivity index (χ0) is 18.0. The Bertz CT molecular complexity index is 780. The lowest BCUT2D eigenvalue weighted by Crippen LogP contribution is -2.66. The van der Waals surface area contributed by atoms with Gasteiger partial charge in [0.05, 0.1) is 13.3 Å². The van der Waals surface area contributed by atoms with Crippen LogP contribution in [-0.4, -0.2) is 59.4 Å². The van der Waals surface area contributed by atoms with Crippen LogP contribution in [0.15, 0.2) is 36.7 Å². The fourth-order valence-electron chi connectivity index (χ4n) is 3.87. The van der Waals surface area contributed by atoms with Gasteiger partial charge in [0.25, 0.3) is 0 Å². The number of amides is 1. The first-order valence-corrected chi connectivity index (χ1v) is 9.13. The normalized spacial score (nSPS) is 20.1. The highest BCUT2D eigenvalue weighted by atomic mass is 16.5. The monoisotopic (exact) mass is 355 g/mol. The molecule has 2 saturated heterocycles. The van der Waals surface area contributed by atoms with Gasteiger partial charge >= 0.3 is 0 Å². The average Bonchev–Trinajstić information content (AvgIpc) is 3.14. The second kappa shape index (κ2) is 7.09. The number of benzene rings is 1. The highest BCUT2D eigenvalue weighted by Gasteiger charge is 2.42. The maximum absolute atomic E-state index is 12.2. The quantitative estimate of drug-likeness (QED) is 0.854. The molecule has 2 aromatic rings. The van der Waals surface area contributed by atoms with Gasteiger partial charge in [-0.2, -0.15) is 5.10 Å². The average molecular weight is 355 g/mol. The Kier molecular flexibility index (Phi) is 4.65. The number of piperazine rings is 1. The van der Waals surface area contributed by atoms with Crippen LogP contribution < -0.4 is 15.4 Å². The first-order chi connectivity index (χ1) is 12.7. The molecular weight excluding hydrogens is 330 g/mol. The molecule has 0 saturated carbocycles. The number of carbonyl (C=O) groups is 1. The summed E-state index contributed by atoms with van der Waals surface area (Å²) in [6.07, 6.45) is 5.65. The van der Waals surface area contributed by atoms with Gasteiger partial charge in [0.15, 0.2) is 0 Å². The summed E-state index contributed by atoms with van der Waals surface area (Å²) in [7, 11) is 1.67. The number of piperidine rings is 1. The Morgan fingerprint density at radius 2 is 2.04 bits per heavy atom. The molecule has 2 aliphatic heterocycles. The van der Waals surface area contributed by atoms with Crippen molar-refractivity contribution in [2.24, 2.45) is 0 Å². The van der Waals surface area contributed by atoms with E-state index in [1.165, 1.54) is 0 Å². The van der Waals surface area contributed by atoms with Crippen molar-refractivity contribution in [2.75, 3.05) is 33.3 Å². The van der Waals surface area contributed by atoms with E-state index in [0.717, 1.165) is 62.6 Å². The van der Waals surface area contributed by atoms with E-state index in [1.807, 2.05) is 41.3 Å². The molecule has 0 aliphatic carbocycles. The van der Waals surface area contributed by atoms with E-state index in [2.05, 4.69) is 20.6 Å². The summed E-state index contributed by atoms with van der Waals surface area (Å²) in [6, 6.07) is 7.86. The van der Waals surface area contributed by atoms with E-state index in [1.54, 1.807) is 7.11 Å². The van der Waals surface area contributed by atoms with Crippen molar-refractivity contribution in [3.8, 4) is 11.4 Å². The van der Waals surface area contributed by atoms with Crippen LogP contribution >= 0.6 is 0 Å². The maximum Gasteiger partial charge on any atom is 0.240 e. The minimum atomic E-state index is -0.365. The van der Waals surface area contributed by atoms with Crippen molar-refractivity contribution in [1.82, 2.24) is 25.3 Å². The van der Waals surface area contributed by atoms with Gasteiger partial charge in [0, 0.05) is 44.5 Å². The van der Waals surface area contributed by atoms with Crippen LogP contribution in [0.4, 0.5) is 0 Å². The molecule has 2 aliphatic rings. The van der Waals surface area contributed by atoms with Crippen molar-refractivity contribution in [3.63, 3.8) is 0 Å². The third-order valence-corrected chi connectivity index (χ3v) is 5.39. The number of ether oxygens (including phenoxy) is 1. The number of para-hydroxylation sites is 2. The van der Waals surface area contributed by atoms with Crippen LogP contribution in [0.5, 0.6) is 5.75 Å². The second-order valence-corrected chi connectivity index (χ2v) is 7.01. The standard InChI is InChI=1S/C19H25N5O2/c1-26-17-5-3-2-4-16(17)24-14-15(12-22-24)13-23-10-6-19(7-11-23)18(25)20-8-9-21-19/h2-5,12,14,21H,6-11,13H2,1H3,(H,20,25). The largest absolute Gasteiger partial charge is 0.494 e. The molecule has 0 atom stereocenters. The van der Waals surface area contributed by atoms with E-state index in [9.17, 15) is 4.79 Å². The van der Waals surface area contributed by atoms with Crippen LogP contribution in [0.2, 0.25) is 0 Å². The molecule has 2 fully saturated rings. The molecule has 0 radical (unpaired) electrons. The molecule has 7 nitrogen and oxygen atoms in total. The van der Waals surface area contributed by atoms with E-state index >= 15 is 0 Å². The summed E-state index contributed by atoms with van der Waals surface area (Å²) < 4.78 is 7.27. The Balaban J connectivity index is 1.40. The SMILES string of the molecule is COc1ccccc1-n1cc(CN2CCC3(CC2)NCCNC3=O)cn1. The lowest BCUT2D eigenvalue weighted by atomic mass is 9.85. The summed E-state index contributed by atoms with van der Waals surface area (Å²) in [5.74, 6) is 0.962. The van der Waals surface area contributed by atoms with E-state index in [-0.39, 0.29) is 11.4 Å². The van der Waals surface area contributed by atoms with Crippen LogP contribution in [0.1, 0.15) is 18.4 Å². The maximum atomic E-state index is 12.2. The van der Waals surface area contributed by atoms with Gasteiger partial charge in [-0.3, -0.25) is 9.69 Å². The van der Waals surface area contributed by atoms with E-state index < -0.39 is 0 Å². The van der Waals surface area contributed by atoms with Crippen molar-refractivity contribution < 1.29 is 9.53 Å². The Hall–Kier alpha value is -2.38. The van der Waals surface area contributed by atoms with E-state index in [0.29, 0.717) is 0 Å². The lowest BCUT2D eigenvalue weighted by Gasteiger charge is -2.43. The molecule has 138 valence electrons. The third-order valence-electron chi connectivity index (χ3n) is 5.39. The Morgan fingerprint density at radius 1 is 1.23 bits per heavy atom. The van der Waals surface area contributed by atoms with Gasteiger partial charge in [-0.15, -0.1) is 0 Å². The van der Waals surface area contributed by atoms with Crippen LogP contribution in [0.3, 0.4) is 0 Å². The van der Waals surface area contributed by atoms with Gasteiger partial charge < -0.3 is 15.4 Å². The zero-order valence-corrected chi connectivity index (χ0v) is 15.1.